The van der Waals surface area contributed by atoms with Gasteiger partial charge in [0.2, 0.25) is 5.92 Å². The number of methoxy groups -OCH3 is 1. The first kappa shape index (κ1) is 16.5. The molecule has 0 aromatic carbocycles. The van der Waals surface area contributed by atoms with E-state index in [1.807, 2.05) is 0 Å². The van der Waals surface area contributed by atoms with Crippen LogP contribution >= 0.6 is 0 Å². The molecular weight excluding hydrogens is 294 g/mol. The average molecular weight is 316 g/mol. The van der Waals surface area contributed by atoms with Crippen molar-refractivity contribution in [2.24, 2.45) is 13.0 Å². The summed E-state index contributed by atoms with van der Waals surface area (Å²) in [6.45, 7) is 0.463. The molecule has 8 heteroatoms. The largest absolute Gasteiger partial charge is 0.478 e. The van der Waals surface area contributed by atoms with Crippen LogP contribution in [0.5, 0.6) is 5.88 Å². The van der Waals surface area contributed by atoms with Gasteiger partial charge < -0.3 is 15.4 Å². The maximum absolute atomic E-state index is 13.0. The molecule has 0 unspecified atom stereocenters. The van der Waals surface area contributed by atoms with Crippen molar-refractivity contribution in [1.82, 2.24) is 15.1 Å². The Morgan fingerprint density at radius 3 is 2.82 bits per heavy atom. The Labute approximate surface area is 128 Å². The lowest BCUT2D eigenvalue weighted by Crippen LogP contribution is -2.32. The maximum Gasteiger partial charge on any atom is 0.319 e. The fourth-order valence-corrected chi connectivity index (χ4v) is 2.65. The van der Waals surface area contributed by atoms with E-state index in [2.05, 4.69) is 15.7 Å². The number of carbonyl (C=O) groups is 1. The molecule has 1 aliphatic carbocycles. The maximum atomic E-state index is 13.0. The summed E-state index contributed by atoms with van der Waals surface area (Å²) < 4.78 is 32.7. The van der Waals surface area contributed by atoms with E-state index in [-0.39, 0.29) is 24.8 Å². The monoisotopic (exact) mass is 316 g/mol. The van der Waals surface area contributed by atoms with Crippen molar-refractivity contribution in [3.8, 4) is 5.88 Å². The summed E-state index contributed by atoms with van der Waals surface area (Å²) in [5.41, 5.74) is 0.486. The second-order valence-corrected chi connectivity index (χ2v) is 5.69. The third kappa shape index (κ3) is 4.57. The highest BCUT2D eigenvalue weighted by molar-refractivity contribution is 5.90. The molecule has 0 bridgehead atoms. The fraction of sp³-hybridized carbons (Fsp3) is 0.714. The van der Waals surface area contributed by atoms with Crippen LogP contribution in [0.25, 0.3) is 0 Å². The van der Waals surface area contributed by atoms with Crippen molar-refractivity contribution in [1.29, 1.82) is 0 Å². The van der Waals surface area contributed by atoms with Gasteiger partial charge in [-0.15, -0.1) is 5.10 Å². The minimum Gasteiger partial charge on any atom is -0.478 e. The molecular formula is C14H22F2N4O2. The van der Waals surface area contributed by atoms with E-state index in [1.54, 1.807) is 13.2 Å². The summed E-state index contributed by atoms with van der Waals surface area (Å²) in [6, 6.07) is -0.354. The fourth-order valence-electron chi connectivity index (χ4n) is 2.65. The van der Waals surface area contributed by atoms with Crippen LogP contribution in [0.2, 0.25) is 0 Å². The van der Waals surface area contributed by atoms with E-state index < -0.39 is 5.92 Å². The van der Waals surface area contributed by atoms with Crippen LogP contribution in [-0.2, 0) is 7.05 Å². The molecule has 0 atom stereocenters. The molecule has 1 fully saturated rings. The van der Waals surface area contributed by atoms with Gasteiger partial charge in [-0.2, -0.15) is 0 Å². The lowest BCUT2D eigenvalue weighted by atomic mass is 9.85. The number of nitrogens with zero attached hydrogens (tertiary/aromatic N) is 2. The highest BCUT2D eigenvalue weighted by Crippen LogP contribution is 2.37. The number of amides is 2. The topological polar surface area (TPSA) is 68.2 Å². The van der Waals surface area contributed by atoms with Crippen molar-refractivity contribution >= 4 is 11.7 Å². The van der Waals surface area contributed by atoms with Crippen molar-refractivity contribution in [2.75, 3.05) is 19.0 Å². The number of alkyl halides is 2. The zero-order valence-corrected chi connectivity index (χ0v) is 12.9. The van der Waals surface area contributed by atoms with E-state index >= 15 is 0 Å². The Hall–Kier alpha value is -1.86. The first-order valence-electron chi connectivity index (χ1n) is 7.40. The van der Waals surface area contributed by atoms with Crippen molar-refractivity contribution in [2.45, 2.75) is 38.0 Å². The Bertz CT molecular complexity index is 509. The second kappa shape index (κ2) is 6.93. The first-order valence-corrected chi connectivity index (χ1v) is 7.40. The number of urea groups is 1. The molecule has 1 heterocycles. The van der Waals surface area contributed by atoms with Crippen molar-refractivity contribution in [3.05, 3.63) is 6.20 Å². The number of carbonyl (C=O) groups excluding carboxylic acids is 1. The van der Waals surface area contributed by atoms with Gasteiger partial charge in [-0.05, 0) is 25.2 Å². The zero-order chi connectivity index (χ0) is 16.2. The number of anilines is 1. The third-order valence-corrected chi connectivity index (χ3v) is 3.91. The summed E-state index contributed by atoms with van der Waals surface area (Å²) in [6.07, 6.45) is 3.31. The number of halogens is 2. The van der Waals surface area contributed by atoms with Gasteiger partial charge in [0.25, 0.3) is 5.88 Å². The summed E-state index contributed by atoms with van der Waals surface area (Å²) in [5, 5.41) is 9.41. The number of hydrogen-bond acceptors (Lipinski definition) is 3. The van der Waals surface area contributed by atoms with Crippen LogP contribution in [0, 0.1) is 5.92 Å². The molecule has 0 aliphatic heterocycles. The Balaban J connectivity index is 1.70. The predicted octanol–water partition coefficient (Wildman–Crippen LogP) is 2.77. The molecule has 0 saturated heterocycles. The predicted molar refractivity (Wildman–Crippen MR) is 78.3 cm³/mol. The van der Waals surface area contributed by atoms with Gasteiger partial charge in [-0.3, -0.25) is 4.68 Å². The van der Waals surface area contributed by atoms with Crippen molar-refractivity contribution < 1.29 is 18.3 Å². The molecule has 0 spiro atoms. The quantitative estimate of drug-likeness (QED) is 0.877. The molecule has 1 aromatic rings. The smallest absolute Gasteiger partial charge is 0.319 e. The molecule has 124 valence electrons. The molecule has 1 saturated carbocycles. The number of rotatable bonds is 5. The van der Waals surface area contributed by atoms with Gasteiger partial charge in [0.05, 0.1) is 13.3 Å². The van der Waals surface area contributed by atoms with Crippen LogP contribution in [-0.4, -0.2) is 35.4 Å². The molecule has 2 N–H and O–H groups in total. The Morgan fingerprint density at radius 1 is 1.50 bits per heavy atom. The molecule has 2 rings (SSSR count). The molecule has 1 aromatic heterocycles. The highest BCUT2D eigenvalue weighted by Gasteiger charge is 2.34. The van der Waals surface area contributed by atoms with E-state index in [0.717, 1.165) is 0 Å². The van der Waals surface area contributed by atoms with E-state index in [4.69, 9.17) is 4.74 Å². The molecule has 2 amide bonds. The minimum absolute atomic E-state index is 0.0449. The Kier molecular flexibility index (Phi) is 5.20. The van der Waals surface area contributed by atoms with Crippen LogP contribution < -0.4 is 15.4 Å². The third-order valence-electron chi connectivity index (χ3n) is 3.91. The SMILES string of the molecule is COc1nn(C)cc1NC(=O)NCCC1CCC(F)(F)CC1. The van der Waals surface area contributed by atoms with Gasteiger partial charge in [0.15, 0.2) is 0 Å². The van der Waals surface area contributed by atoms with Gasteiger partial charge >= 0.3 is 6.03 Å². The number of nitrogens with one attached hydrogen (secondary N) is 2. The van der Waals surface area contributed by atoms with Crippen molar-refractivity contribution in [3.63, 3.8) is 0 Å². The molecule has 1 aliphatic rings. The lowest BCUT2D eigenvalue weighted by molar-refractivity contribution is -0.0463. The summed E-state index contributed by atoms with van der Waals surface area (Å²) in [7, 11) is 3.20. The standard InChI is InChI=1S/C14H22F2N4O2/c1-20-9-11(12(19-20)22-2)18-13(21)17-8-5-10-3-6-14(15,16)7-4-10/h9-10H,3-8H2,1-2H3,(H2,17,18,21). The van der Waals surface area contributed by atoms with E-state index in [1.165, 1.54) is 11.8 Å². The van der Waals surface area contributed by atoms with Gasteiger partial charge in [0.1, 0.15) is 5.69 Å². The zero-order valence-electron chi connectivity index (χ0n) is 12.9. The van der Waals surface area contributed by atoms with Crippen LogP contribution in [0.15, 0.2) is 6.20 Å². The molecule has 0 radical (unpaired) electrons. The lowest BCUT2D eigenvalue weighted by Gasteiger charge is -2.28. The second-order valence-electron chi connectivity index (χ2n) is 5.69. The van der Waals surface area contributed by atoms with Crippen LogP contribution in [0.4, 0.5) is 19.3 Å². The summed E-state index contributed by atoms with van der Waals surface area (Å²) >= 11 is 0. The first-order chi connectivity index (χ1) is 10.4. The number of aryl methyl sites for hydroxylation is 1. The van der Waals surface area contributed by atoms with E-state index in [9.17, 15) is 13.6 Å². The van der Waals surface area contributed by atoms with Gasteiger partial charge in [-0.25, -0.2) is 13.6 Å². The molecule has 22 heavy (non-hydrogen) atoms. The Morgan fingerprint density at radius 2 is 2.18 bits per heavy atom. The number of ether oxygens (including phenoxy) is 1. The van der Waals surface area contributed by atoms with Gasteiger partial charge in [-0.1, -0.05) is 0 Å². The molecule has 6 nitrogen and oxygen atoms in total. The van der Waals surface area contributed by atoms with Gasteiger partial charge in [0, 0.05) is 26.4 Å². The summed E-state index contributed by atoms with van der Waals surface area (Å²) in [4.78, 5) is 11.8. The van der Waals surface area contributed by atoms with E-state index in [0.29, 0.717) is 37.4 Å². The van der Waals surface area contributed by atoms with Crippen LogP contribution in [0.1, 0.15) is 32.1 Å². The number of hydrogen-bond donors (Lipinski definition) is 2. The normalized spacial score (nSPS) is 18.0. The highest BCUT2D eigenvalue weighted by atomic mass is 19.3. The average Bonchev–Trinajstić information content (AvgIpc) is 2.80. The number of aromatic nitrogens is 2. The van der Waals surface area contributed by atoms with Crippen LogP contribution in [0.3, 0.4) is 0 Å². The minimum atomic E-state index is -2.50. The summed E-state index contributed by atoms with van der Waals surface area (Å²) in [5.74, 6) is -1.90.